The minimum Gasteiger partial charge on any atom is -0.492 e. The molecule has 8 unspecified atom stereocenters. The lowest BCUT2D eigenvalue weighted by Crippen LogP contribution is -2.04. The van der Waals surface area contributed by atoms with E-state index < -0.39 is 0 Å². The second kappa shape index (κ2) is 15.1. The number of Topliss-reactive ketones (excluding diaryl/α,β-unsaturated/α-hetero) is 1. The molecule has 2 rings (SSSR count). The van der Waals surface area contributed by atoms with Gasteiger partial charge in [0, 0.05) is 19.5 Å². The van der Waals surface area contributed by atoms with E-state index in [9.17, 15) is 4.79 Å². The van der Waals surface area contributed by atoms with Crippen molar-refractivity contribution in [2.45, 2.75) is 6.92 Å². The molecule has 2 aromatic rings. The van der Waals surface area contributed by atoms with Crippen molar-refractivity contribution in [3.05, 3.63) is 36.0 Å². The number of rotatable bonds is 7. The standard InChI is InChI=1S/C13H14N2O2.H14P12/c1-9(16)12-13(17-3)11(14-15(12)2)10-7-5-4-6-8-10;1-8(2)11(7)12(9(3)4)10(5)6/h4-8H,1-3H3;1-7H2. The Bertz CT molecular complexity index is 778. The fourth-order valence-corrected chi connectivity index (χ4v) is 105. The number of ketones is 1. The molecule has 0 N–H and O–H groups in total. The maximum absolute atomic E-state index is 11.5. The normalized spacial score (nSPS) is 12.3. The Kier molecular flexibility index (Phi) is 15.7. The van der Waals surface area contributed by atoms with E-state index in [0.717, 1.165) is 5.56 Å². The van der Waals surface area contributed by atoms with Gasteiger partial charge >= 0.3 is 0 Å². The Hall–Kier alpha value is 3.06. The first-order valence-corrected chi connectivity index (χ1v) is 28.8. The Morgan fingerprint density at radius 1 is 0.966 bits per heavy atom. The van der Waals surface area contributed by atoms with Gasteiger partial charge in [-0.3, -0.25) is 9.48 Å². The highest BCUT2D eigenvalue weighted by Gasteiger charge is 2.26. The molecule has 0 radical (unpaired) electrons. The topological polar surface area (TPSA) is 44.1 Å². The number of carbonyl (C=O) groups is 1. The third-order valence-corrected chi connectivity index (χ3v) is 70.1. The van der Waals surface area contributed by atoms with E-state index in [1.807, 2.05) is 30.3 Å². The molecular formula is C13H28N2O2P12. The van der Waals surface area contributed by atoms with Crippen molar-refractivity contribution in [3.63, 3.8) is 0 Å². The predicted octanol–water partition coefficient (Wildman–Crippen LogP) is 8.88. The Morgan fingerprint density at radius 2 is 1.48 bits per heavy atom. The summed E-state index contributed by atoms with van der Waals surface area (Å²) >= 11 is 0. The molecule has 1 heterocycles. The summed E-state index contributed by atoms with van der Waals surface area (Å²) in [5, 5.41) is 4.34. The first-order chi connectivity index (χ1) is 13.5. The van der Waals surface area contributed by atoms with Gasteiger partial charge in [-0.15, -0.1) is 62.5 Å². The van der Waals surface area contributed by atoms with E-state index in [-0.39, 0.29) is 40.7 Å². The van der Waals surface area contributed by atoms with Crippen LogP contribution in [0.3, 0.4) is 0 Å². The minimum absolute atomic E-state index is 0.0565. The maximum Gasteiger partial charge on any atom is 0.181 e. The zero-order valence-electron chi connectivity index (χ0n) is 16.4. The first kappa shape index (κ1) is 30.1. The largest absolute Gasteiger partial charge is 0.492 e. The van der Waals surface area contributed by atoms with Crippen LogP contribution in [0.2, 0.25) is 0 Å². The monoisotopic (exact) mass is 616 g/mol. The number of ether oxygens (including phenoxy) is 1. The van der Waals surface area contributed by atoms with Crippen LogP contribution in [0.5, 0.6) is 5.75 Å². The van der Waals surface area contributed by atoms with Gasteiger partial charge in [0.15, 0.2) is 11.5 Å². The van der Waals surface area contributed by atoms with Crippen molar-refractivity contribution in [2.75, 3.05) is 7.11 Å². The summed E-state index contributed by atoms with van der Waals surface area (Å²) in [4.78, 5) is 11.5. The number of aryl methyl sites for hydroxylation is 1. The third-order valence-electron chi connectivity index (χ3n) is 3.42. The third kappa shape index (κ3) is 9.32. The van der Waals surface area contributed by atoms with Crippen molar-refractivity contribution in [2.24, 2.45) is 7.05 Å². The van der Waals surface area contributed by atoms with Gasteiger partial charge in [0.05, 0.1) is 7.11 Å². The summed E-state index contributed by atoms with van der Waals surface area (Å²) in [6.45, 7) is 2.21. The predicted molar refractivity (Wildman–Crippen MR) is 168 cm³/mol. The average Bonchev–Trinajstić information content (AvgIpc) is 2.98. The van der Waals surface area contributed by atoms with E-state index in [1.54, 1.807) is 18.8 Å². The molecule has 0 aliphatic rings. The lowest BCUT2D eigenvalue weighted by atomic mass is 10.1. The van der Waals surface area contributed by atoms with Crippen LogP contribution in [0.25, 0.3) is 11.3 Å². The van der Waals surface area contributed by atoms with Gasteiger partial charge in [-0.1, -0.05) is 30.3 Å². The van der Waals surface area contributed by atoms with Crippen LogP contribution >= 0.6 is 97.4 Å². The average molecular weight is 616 g/mol. The minimum atomic E-state index is -0.0565. The van der Waals surface area contributed by atoms with Gasteiger partial charge in [-0.25, -0.2) is 0 Å². The van der Waals surface area contributed by atoms with Gasteiger partial charge in [0.2, 0.25) is 0 Å². The number of methoxy groups -OCH3 is 1. The van der Waals surface area contributed by atoms with Gasteiger partial charge in [0.25, 0.3) is 0 Å². The quantitative estimate of drug-likeness (QED) is 0.231. The Labute approximate surface area is 195 Å². The number of nitrogens with zero attached hydrogens (tertiary/aromatic N) is 2. The second-order valence-corrected chi connectivity index (χ2v) is 50.5. The van der Waals surface area contributed by atoms with Crippen molar-refractivity contribution in [1.29, 1.82) is 0 Å². The molecule has 0 amide bonds. The highest BCUT2D eigenvalue weighted by atomic mass is 33.3. The number of carbonyl (C=O) groups excluding carboxylic acids is 1. The van der Waals surface area contributed by atoms with Crippen LogP contribution in [0.4, 0.5) is 0 Å². The molecule has 0 saturated carbocycles. The van der Waals surface area contributed by atoms with Crippen LogP contribution < -0.4 is 4.74 Å². The molecular weight excluding hydrogens is 588 g/mol. The lowest BCUT2D eigenvalue weighted by Gasteiger charge is -2.32. The summed E-state index contributed by atoms with van der Waals surface area (Å²) in [6.07, 6.45) is 0. The highest BCUT2D eigenvalue weighted by molar-refractivity contribution is 9.21. The van der Waals surface area contributed by atoms with E-state index >= 15 is 0 Å². The van der Waals surface area contributed by atoms with E-state index in [1.165, 1.54) is 6.92 Å². The molecule has 0 saturated heterocycles. The molecule has 0 spiro atoms. The van der Waals surface area contributed by atoms with Crippen molar-refractivity contribution in [3.8, 4) is 17.0 Å². The molecule has 4 nitrogen and oxygen atoms in total. The summed E-state index contributed by atoms with van der Waals surface area (Å²) in [7, 11) is 24.3. The van der Waals surface area contributed by atoms with Crippen molar-refractivity contribution >= 4 is 103 Å². The van der Waals surface area contributed by atoms with Gasteiger partial charge in [0.1, 0.15) is 11.4 Å². The highest BCUT2D eigenvalue weighted by Crippen LogP contribution is 3.16. The van der Waals surface area contributed by atoms with Crippen LogP contribution in [-0.2, 0) is 7.05 Å². The molecule has 8 atom stereocenters. The number of hydrogen-bond donors (Lipinski definition) is 0. The number of hydrogen-bond acceptors (Lipinski definition) is 3. The maximum atomic E-state index is 11.5. The summed E-state index contributed by atoms with van der Waals surface area (Å²) < 4.78 is 6.87. The van der Waals surface area contributed by atoms with Crippen molar-refractivity contribution in [1.82, 2.24) is 9.78 Å². The van der Waals surface area contributed by atoms with Gasteiger partial charge in [-0.2, -0.15) is 5.10 Å². The molecule has 162 valence electrons. The van der Waals surface area contributed by atoms with Gasteiger partial charge < -0.3 is 4.74 Å². The molecule has 0 aliphatic heterocycles. The van der Waals surface area contributed by atoms with Crippen molar-refractivity contribution < 1.29 is 9.53 Å². The number of benzene rings is 1. The molecule has 16 heteroatoms. The summed E-state index contributed by atoms with van der Waals surface area (Å²) in [6, 6.07) is 9.67. The zero-order chi connectivity index (χ0) is 22.3. The molecule has 0 bridgehead atoms. The summed E-state index contributed by atoms with van der Waals surface area (Å²) in [5.41, 5.74) is 2.12. The van der Waals surface area contributed by atoms with Crippen LogP contribution in [0, 0.1) is 0 Å². The van der Waals surface area contributed by atoms with E-state index in [0.29, 0.717) is 17.1 Å². The Balaban J connectivity index is 0.000000311. The fraction of sp³-hybridized carbons (Fsp3) is 0.231. The van der Waals surface area contributed by atoms with Crippen LogP contribution in [0.15, 0.2) is 30.3 Å². The molecule has 1 aromatic heterocycles. The fourth-order valence-electron chi connectivity index (χ4n) is 2.29. The summed E-state index contributed by atoms with van der Waals surface area (Å²) in [5.74, 6) is 0.477. The smallest absolute Gasteiger partial charge is 0.181 e. The van der Waals surface area contributed by atoms with E-state index in [4.69, 9.17) is 4.74 Å². The Morgan fingerprint density at radius 3 is 1.83 bits per heavy atom. The van der Waals surface area contributed by atoms with Crippen LogP contribution in [-0.4, -0.2) is 22.7 Å². The van der Waals surface area contributed by atoms with Gasteiger partial charge in [-0.05, 0) is 34.9 Å². The lowest BCUT2D eigenvalue weighted by molar-refractivity contribution is 0.100. The zero-order valence-corrected chi connectivity index (χ0v) is 28.9. The molecule has 29 heavy (non-hydrogen) atoms. The van der Waals surface area contributed by atoms with Crippen LogP contribution in [0.1, 0.15) is 17.4 Å². The second-order valence-electron chi connectivity index (χ2n) is 5.51. The first-order valence-electron chi connectivity index (χ1n) is 7.93. The molecule has 0 aliphatic carbocycles. The number of aromatic nitrogens is 2. The SMILES string of the molecule is COc1c(-c2ccccc2)nn(C)c1C(C)=O.PP(P)P(P)P(P(P)P)P(P)P. The van der Waals surface area contributed by atoms with E-state index in [2.05, 4.69) is 67.6 Å². The molecule has 1 aromatic carbocycles. The molecule has 0 fully saturated rings.